The zero-order valence-corrected chi connectivity index (χ0v) is 21.5. The van der Waals surface area contributed by atoms with Crippen LogP contribution in [-0.2, 0) is 14.3 Å². The predicted octanol–water partition coefficient (Wildman–Crippen LogP) is 4.19. The number of hydrogen-bond acceptors (Lipinski definition) is 8. The van der Waals surface area contributed by atoms with E-state index in [9.17, 15) is 18.0 Å². The molecule has 196 valence electrons. The SMILES string of the molecule is CF.COC(=O)C1=C(CN2C3CCC2C(F)COC3)NC(c2nccs2)=NC1.Fc1cccc(Cl)c1. The number of halogens is 4. The number of esters is 1. The summed E-state index contributed by atoms with van der Waals surface area (Å²) in [5.74, 6) is -0.0694. The third kappa shape index (κ3) is 7.06. The Hall–Kier alpha value is -2.47. The Bertz CT molecular complexity index is 1050. The second-order valence-electron chi connectivity index (χ2n) is 8.04. The highest BCUT2D eigenvalue weighted by Gasteiger charge is 2.42. The number of aromatic nitrogens is 1. The summed E-state index contributed by atoms with van der Waals surface area (Å²) in [6.07, 6.45) is 2.41. The lowest BCUT2D eigenvalue weighted by Gasteiger charge is -2.31. The van der Waals surface area contributed by atoms with Crippen molar-refractivity contribution in [1.29, 1.82) is 0 Å². The van der Waals surface area contributed by atoms with Gasteiger partial charge >= 0.3 is 5.97 Å². The van der Waals surface area contributed by atoms with E-state index < -0.39 is 12.1 Å². The molecule has 0 aliphatic carbocycles. The van der Waals surface area contributed by atoms with E-state index in [0.717, 1.165) is 17.8 Å². The molecular weight excluding hydrogens is 517 g/mol. The number of carbonyl (C=O) groups is 1. The van der Waals surface area contributed by atoms with E-state index in [-0.39, 0.29) is 31.1 Å². The van der Waals surface area contributed by atoms with Gasteiger partial charge in [0.15, 0.2) is 10.8 Å². The lowest BCUT2D eigenvalue weighted by Crippen LogP contribution is -2.46. The summed E-state index contributed by atoms with van der Waals surface area (Å²) < 4.78 is 46.4. The molecule has 12 heteroatoms. The highest BCUT2D eigenvalue weighted by Crippen LogP contribution is 2.32. The van der Waals surface area contributed by atoms with Crippen molar-refractivity contribution < 1.29 is 27.4 Å². The maximum absolute atomic E-state index is 14.4. The maximum atomic E-state index is 14.4. The summed E-state index contributed by atoms with van der Waals surface area (Å²) in [7, 11) is 1.86. The third-order valence-electron chi connectivity index (χ3n) is 5.92. The van der Waals surface area contributed by atoms with Crippen LogP contribution in [0.15, 0.2) is 52.1 Å². The summed E-state index contributed by atoms with van der Waals surface area (Å²) >= 11 is 6.88. The van der Waals surface area contributed by atoms with Crippen LogP contribution < -0.4 is 5.32 Å². The van der Waals surface area contributed by atoms with Gasteiger partial charge in [-0.25, -0.2) is 18.6 Å². The van der Waals surface area contributed by atoms with Crippen LogP contribution in [0, 0.1) is 5.82 Å². The minimum Gasteiger partial charge on any atom is -0.466 e. The van der Waals surface area contributed by atoms with E-state index in [4.69, 9.17) is 21.1 Å². The summed E-state index contributed by atoms with van der Waals surface area (Å²) in [5.41, 5.74) is 1.19. The first-order valence-corrected chi connectivity index (χ1v) is 12.5. The summed E-state index contributed by atoms with van der Waals surface area (Å²) in [6.45, 7) is 1.32. The first kappa shape index (κ1) is 28.1. The zero-order chi connectivity index (χ0) is 26.1. The van der Waals surface area contributed by atoms with Gasteiger partial charge in [-0.05, 0) is 31.0 Å². The molecule has 1 aromatic heterocycles. The molecule has 4 heterocycles. The summed E-state index contributed by atoms with van der Waals surface area (Å²) in [6, 6.07) is 5.80. The van der Waals surface area contributed by atoms with Crippen molar-refractivity contribution >= 4 is 34.7 Å². The van der Waals surface area contributed by atoms with Crippen molar-refractivity contribution in [3.05, 3.63) is 63.0 Å². The molecule has 2 aromatic rings. The Morgan fingerprint density at radius 1 is 1.33 bits per heavy atom. The zero-order valence-electron chi connectivity index (χ0n) is 19.9. The average molecular weight is 545 g/mol. The number of nitrogens with zero attached hydrogens (tertiary/aromatic N) is 3. The van der Waals surface area contributed by atoms with Crippen LogP contribution in [0.5, 0.6) is 0 Å². The van der Waals surface area contributed by atoms with E-state index in [2.05, 4.69) is 20.2 Å². The Labute approximate surface area is 217 Å². The fourth-order valence-electron chi connectivity index (χ4n) is 4.27. The average Bonchev–Trinajstić information content (AvgIpc) is 3.52. The predicted molar refractivity (Wildman–Crippen MR) is 133 cm³/mol. The van der Waals surface area contributed by atoms with Gasteiger partial charge in [-0.15, -0.1) is 11.3 Å². The number of benzene rings is 1. The highest BCUT2D eigenvalue weighted by atomic mass is 35.5. The van der Waals surface area contributed by atoms with Gasteiger partial charge in [0, 0.05) is 40.9 Å². The highest BCUT2D eigenvalue weighted by molar-refractivity contribution is 7.11. The molecule has 0 spiro atoms. The first-order chi connectivity index (χ1) is 17.5. The molecule has 0 radical (unpaired) electrons. The number of thiazole rings is 1. The maximum Gasteiger partial charge on any atom is 0.337 e. The number of nitrogens with one attached hydrogen (secondary N) is 1. The number of aliphatic imine (C=N–C) groups is 1. The fraction of sp³-hybridized carbons (Fsp3) is 0.458. The Morgan fingerprint density at radius 3 is 2.78 bits per heavy atom. The third-order valence-corrected chi connectivity index (χ3v) is 6.93. The quantitative estimate of drug-likeness (QED) is 0.582. The van der Waals surface area contributed by atoms with Crippen LogP contribution in [0.1, 0.15) is 17.8 Å². The molecule has 3 aliphatic rings. The van der Waals surface area contributed by atoms with Gasteiger partial charge in [0.05, 0.1) is 39.6 Å². The molecule has 0 amide bonds. The number of fused-ring (bicyclic) bond motifs is 2. The van der Waals surface area contributed by atoms with Gasteiger partial charge in [-0.2, -0.15) is 0 Å². The number of alkyl halides is 2. The van der Waals surface area contributed by atoms with E-state index in [1.807, 2.05) is 5.38 Å². The molecule has 2 bridgehead atoms. The van der Waals surface area contributed by atoms with Crippen molar-refractivity contribution in [2.24, 2.45) is 4.99 Å². The smallest absolute Gasteiger partial charge is 0.337 e. The molecule has 1 aromatic carbocycles. The van der Waals surface area contributed by atoms with Crippen molar-refractivity contribution in [2.75, 3.05) is 40.6 Å². The minimum atomic E-state index is -1.01. The van der Waals surface area contributed by atoms with Crippen LogP contribution in [-0.4, -0.2) is 80.5 Å². The normalized spacial score (nSPS) is 23.3. The van der Waals surface area contributed by atoms with Crippen LogP contribution >= 0.6 is 22.9 Å². The Balaban J connectivity index is 0.000000305. The van der Waals surface area contributed by atoms with Gasteiger partial charge in [0.25, 0.3) is 0 Å². The van der Waals surface area contributed by atoms with E-state index in [1.165, 1.54) is 30.6 Å². The number of rotatable bonds is 4. The van der Waals surface area contributed by atoms with Crippen LogP contribution in [0.25, 0.3) is 0 Å². The first-order valence-electron chi connectivity index (χ1n) is 11.2. The van der Waals surface area contributed by atoms with Crippen LogP contribution in [0.3, 0.4) is 0 Å². The molecule has 2 fully saturated rings. The number of ether oxygens (including phenoxy) is 2. The standard InChI is InChI=1S/C17H21FN4O3S.C6H4ClF.CH3F/c1-24-17(23)11-6-20-15(16-19-4-5-26-16)21-13(11)7-22-10-2-3-14(22)12(18)9-25-8-10;7-5-2-1-3-6(8)4-5;1-2/h4-5,10,12,14H,2-3,6-9H2,1H3,(H,20,21);1-4H;1H3. The Morgan fingerprint density at radius 2 is 2.14 bits per heavy atom. The molecule has 3 atom stereocenters. The molecule has 1 N–H and O–H groups in total. The monoisotopic (exact) mass is 544 g/mol. The molecular formula is C24H28ClF3N4O3S. The number of amidine groups is 1. The topological polar surface area (TPSA) is 76.0 Å². The van der Waals surface area contributed by atoms with Crippen molar-refractivity contribution in [2.45, 2.75) is 31.1 Å². The van der Waals surface area contributed by atoms with E-state index in [0.29, 0.717) is 42.5 Å². The molecule has 7 nitrogen and oxygen atoms in total. The van der Waals surface area contributed by atoms with Gasteiger partial charge in [0.1, 0.15) is 12.0 Å². The summed E-state index contributed by atoms with van der Waals surface area (Å²) in [4.78, 5) is 23.0. The molecule has 3 unspecified atom stereocenters. The summed E-state index contributed by atoms with van der Waals surface area (Å²) in [5, 5.41) is 6.31. The van der Waals surface area contributed by atoms with Gasteiger partial charge in [-0.1, -0.05) is 17.7 Å². The van der Waals surface area contributed by atoms with Crippen molar-refractivity contribution in [1.82, 2.24) is 15.2 Å². The molecule has 3 aliphatic heterocycles. The molecule has 5 rings (SSSR count). The van der Waals surface area contributed by atoms with E-state index in [1.54, 1.807) is 18.3 Å². The number of methoxy groups -OCH3 is 1. The molecule has 36 heavy (non-hydrogen) atoms. The Kier molecular flexibility index (Phi) is 10.7. The van der Waals surface area contributed by atoms with Gasteiger partial charge < -0.3 is 14.8 Å². The van der Waals surface area contributed by atoms with E-state index >= 15 is 0 Å². The van der Waals surface area contributed by atoms with Crippen molar-refractivity contribution in [3.8, 4) is 0 Å². The van der Waals surface area contributed by atoms with Crippen LogP contribution in [0.2, 0.25) is 5.02 Å². The lowest BCUT2D eigenvalue weighted by molar-refractivity contribution is -0.136. The fourth-order valence-corrected chi connectivity index (χ4v) is 5.05. The molecule has 2 saturated heterocycles. The number of carbonyl (C=O) groups excluding carboxylic acids is 1. The molecule has 0 saturated carbocycles. The van der Waals surface area contributed by atoms with Crippen LogP contribution in [0.4, 0.5) is 13.2 Å². The second-order valence-corrected chi connectivity index (χ2v) is 9.37. The van der Waals surface area contributed by atoms with Gasteiger partial charge in [-0.3, -0.25) is 14.3 Å². The van der Waals surface area contributed by atoms with Crippen molar-refractivity contribution in [3.63, 3.8) is 0 Å². The lowest BCUT2D eigenvalue weighted by atomic mass is 10.1. The second kappa shape index (κ2) is 13.7. The number of hydrogen-bond donors (Lipinski definition) is 1. The van der Waals surface area contributed by atoms with Gasteiger partial charge in [0.2, 0.25) is 0 Å². The largest absolute Gasteiger partial charge is 0.466 e. The minimum absolute atomic E-state index is 0.139.